The highest BCUT2D eigenvalue weighted by atomic mass is 28.3. The quantitative estimate of drug-likeness (QED) is 0.190. The van der Waals surface area contributed by atoms with E-state index in [9.17, 15) is 0 Å². The highest BCUT2D eigenvalue weighted by Gasteiger charge is 2.51. The molecule has 3 atom stereocenters. The summed E-state index contributed by atoms with van der Waals surface area (Å²) in [6.45, 7) is 14.6. The zero-order valence-corrected chi connectivity index (χ0v) is 27.2. The molecule has 41 heavy (non-hydrogen) atoms. The first-order valence-corrected chi connectivity index (χ1v) is 18.5. The Morgan fingerprint density at radius 2 is 1.49 bits per heavy atom. The van der Waals surface area contributed by atoms with Crippen molar-refractivity contribution >= 4 is 30.1 Å². The van der Waals surface area contributed by atoms with Crippen molar-refractivity contribution < 1.29 is 4.74 Å². The minimum atomic E-state index is -2.08. The van der Waals surface area contributed by atoms with Crippen LogP contribution >= 0.6 is 0 Å². The molecule has 3 unspecified atom stereocenters. The second-order valence-corrected chi connectivity index (χ2v) is 18.3. The van der Waals surface area contributed by atoms with Crippen LogP contribution in [-0.4, -0.2) is 27.3 Å². The normalized spacial score (nSPS) is 20.5. The topological polar surface area (TPSA) is 12.5 Å². The SMILES string of the molecule is CC1=CC([Si](C)(CCCCCCOC(C)(C)C)C2=C3c4cc(C)ccc4N(C)C3c3ccccc32)c2ccccc21. The summed E-state index contributed by atoms with van der Waals surface area (Å²) in [5.41, 5.74) is 13.8. The molecule has 0 saturated heterocycles. The lowest BCUT2D eigenvalue weighted by molar-refractivity contribution is -0.00471. The van der Waals surface area contributed by atoms with Crippen LogP contribution in [0.15, 0.2) is 72.8 Å². The average Bonchev–Trinajstić information content (AvgIpc) is 3.56. The highest BCUT2D eigenvalue weighted by Crippen LogP contribution is 2.61. The van der Waals surface area contributed by atoms with Crippen molar-refractivity contribution in [3.05, 3.63) is 106 Å². The zero-order chi connectivity index (χ0) is 28.9. The van der Waals surface area contributed by atoms with Gasteiger partial charge in [0.2, 0.25) is 0 Å². The molecule has 3 heteroatoms. The number of benzene rings is 3. The smallest absolute Gasteiger partial charge is 0.0962 e. The van der Waals surface area contributed by atoms with E-state index in [1.54, 1.807) is 16.3 Å². The van der Waals surface area contributed by atoms with Gasteiger partial charge >= 0.3 is 0 Å². The van der Waals surface area contributed by atoms with Crippen molar-refractivity contribution in [1.29, 1.82) is 0 Å². The average molecular weight is 562 g/mol. The largest absolute Gasteiger partial charge is 0.376 e. The van der Waals surface area contributed by atoms with Crippen molar-refractivity contribution in [3.63, 3.8) is 0 Å². The molecular formula is C38H47NOSi. The lowest BCUT2D eigenvalue weighted by atomic mass is 10.0. The van der Waals surface area contributed by atoms with Crippen LogP contribution in [0.1, 0.15) is 98.3 Å². The van der Waals surface area contributed by atoms with Crippen LogP contribution in [-0.2, 0) is 4.74 Å². The summed E-state index contributed by atoms with van der Waals surface area (Å²) in [5.74, 6) is 0. The molecule has 0 spiro atoms. The third-order valence-electron chi connectivity index (χ3n) is 9.80. The predicted octanol–water partition coefficient (Wildman–Crippen LogP) is 10.1. The van der Waals surface area contributed by atoms with E-state index in [1.807, 2.05) is 0 Å². The fraction of sp³-hybridized carbons (Fsp3) is 0.421. The molecule has 0 amide bonds. The first-order chi connectivity index (χ1) is 19.6. The van der Waals surface area contributed by atoms with Gasteiger partial charge in [-0.15, -0.1) is 0 Å². The van der Waals surface area contributed by atoms with E-state index in [2.05, 4.69) is 126 Å². The maximum atomic E-state index is 6.02. The molecular weight excluding hydrogens is 515 g/mol. The van der Waals surface area contributed by atoms with Gasteiger partial charge < -0.3 is 9.64 Å². The van der Waals surface area contributed by atoms with Crippen molar-refractivity contribution in [2.24, 2.45) is 0 Å². The van der Waals surface area contributed by atoms with Crippen LogP contribution in [0, 0.1) is 6.92 Å². The third kappa shape index (κ3) is 4.95. The number of aryl methyl sites for hydroxylation is 1. The van der Waals surface area contributed by atoms with E-state index >= 15 is 0 Å². The molecule has 1 heterocycles. The number of rotatable bonds is 9. The van der Waals surface area contributed by atoms with Gasteiger partial charge in [0.25, 0.3) is 0 Å². The van der Waals surface area contributed by atoms with E-state index in [0.717, 1.165) is 13.0 Å². The van der Waals surface area contributed by atoms with Crippen LogP contribution in [0.5, 0.6) is 0 Å². The molecule has 0 aromatic heterocycles. The van der Waals surface area contributed by atoms with Crippen LogP contribution in [0.3, 0.4) is 0 Å². The summed E-state index contributed by atoms with van der Waals surface area (Å²) >= 11 is 0. The first-order valence-electron chi connectivity index (χ1n) is 15.7. The standard InChI is InChI=1S/C38H47NOSi/c1-26-20-21-33-32(24-26)35-36(39(33)6)30-18-12-13-19-31(30)37(35)41(7,23-15-9-8-14-22-40-38(3,4)5)34-25-27(2)28-16-10-11-17-29(28)34/h10-13,16-21,24-25,34,36H,8-9,14-15,22-23H2,1-7H3. The van der Waals surface area contributed by atoms with Gasteiger partial charge in [-0.25, -0.2) is 0 Å². The fourth-order valence-corrected chi connectivity index (χ4v) is 13.0. The Hall–Kier alpha value is -2.88. The van der Waals surface area contributed by atoms with Gasteiger partial charge in [-0.1, -0.05) is 98.1 Å². The molecule has 0 fully saturated rings. The molecule has 0 N–H and O–H groups in total. The fourth-order valence-electron chi connectivity index (χ4n) is 7.86. The molecule has 214 valence electrons. The molecule has 0 bridgehead atoms. The Morgan fingerprint density at radius 3 is 2.24 bits per heavy atom. The van der Waals surface area contributed by atoms with Gasteiger partial charge in [0, 0.05) is 30.4 Å². The van der Waals surface area contributed by atoms with E-state index in [-0.39, 0.29) is 5.60 Å². The molecule has 0 radical (unpaired) electrons. The Labute approximate surface area is 249 Å². The lowest BCUT2D eigenvalue weighted by Gasteiger charge is -2.37. The van der Waals surface area contributed by atoms with Crippen LogP contribution < -0.4 is 4.90 Å². The van der Waals surface area contributed by atoms with E-state index in [4.69, 9.17) is 4.74 Å². The van der Waals surface area contributed by atoms with Crippen molar-refractivity contribution in [2.45, 2.75) is 90.1 Å². The number of unbranched alkanes of at least 4 members (excludes halogenated alkanes) is 3. The maximum Gasteiger partial charge on any atom is 0.0962 e. The van der Waals surface area contributed by atoms with Crippen LogP contribution in [0.4, 0.5) is 5.69 Å². The number of nitrogens with zero attached hydrogens (tertiary/aromatic N) is 1. The Balaban J connectivity index is 1.43. The summed E-state index contributed by atoms with van der Waals surface area (Å²) in [7, 11) is 0.223. The molecule has 3 aromatic rings. The lowest BCUT2D eigenvalue weighted by Crippen LogP contribution is -2.39. The van der Waals surface area contributed by atoms with E-state index in [1.165, 1.54) is 64.4 Å². The molecule has 1 aliphatic heterocycles. The summed E-state index contributed by atoms with van der Waals surface area (Å²) < 4.78 is 6.02. The molecule has 3 aliphatic rings. The summed E-state index contributed by atoms with van der Waals surface area (Å²) in [4.78, 5) is 2.55. The van der Waals surface area contributed by atoms with E-state index in [0.29, 0.717) is 11.6 Å². The predicted molar refractivity (Wildman–Crippen MR) is 179 cm³/mol. The van der Waals surface area contributed by atoms with Gasteiger partial charge in [0.15, 0.2) is 0 Å². The molecule has 2 nitrogen and oxygen atoms in total. The molecule has 0 saturated carbocycles. The first kappa shape index (κ1) is 28.2. The zero-order valence-electron chi connectivity index (χ0n) is 26.2. The Bertz CT molecular complexity index is 1530. The van der Waals surface area contributed by atoms with Gasteiger partial charge in [-0.3, -0.25) is 0 Å². The summed E-state index contributed by atoms with van der Waals surface area (Å²) in [6.07, 6.45) is 7.59. The van der Waals surface area contributed by atoms with Crippen molar-refractivity contribution in [3.8, 4) is 0 Å². The summed E-state index contributed by atoms with van der Waals surface area (Å²) in [6, 6.07) is 27.3. The molecule has 2 aliphatic carbocycles. The van der Waals surface area contributed by atoms with Gasteiger partial charge in [-0.05, 0) is 91.8 Å². The third-order valence-corrected chi connectivity index (χ3v) is 14.7. The number of fused-ring (bicyclic) bond motifs is 6. The number of allylic oxidation sites excluding steroid dienone is 2. The number of hydrogen-bond donors (Lipinski definition) is 0. The van der Waals surface area contributed by atoms with Crippen LogP contribution in [0.25, 0.3) is 16.3 Å². The van der Waals surface area contributed by atoms with Gasteiger partial charge in [0.1, 0.15) is 0 Å². The number of likely N-dealkylation sites (N-methyl/N-ethyl adjacent to an activating group) is 1. The monoisotopic (exact) mass is 561 g/mol. The van der Waals surface area contributed by atoms with E-state index < -0.39 is 8.07 Å². The number of hydrogen-bond acceptors (Lipinski definition) is 2. The van der Waals surface area contributed by atoms with Gasteiger partial charge in [0.05, 0.1) is 19.7 Å². The minimum Gasteiger partial charge on any atom is -0.376 e. The second kappa shape index (κ2) is 10.7. The molecule has 3 aromatic carbocycles. The van der Waals surface area contributed by atoms with Crippen LogP contribution in [0.2, 0.25) is 12.6 Å². The minimum absolute atomic E-state index is 0.0467. The Kier molecular flexibility index (Phi) is 7.40. The number of anilines is 1. The van der Waals surface area contributed by atoms with Gasteiger partial charge in [-0.2, -0.15) is 0 Å². The molecule has 6 rings (SSSR count). The second-order valence-electron chi connectivity index (χ2n) is 13.9. The maximum absolute atomic E-state index is 6.02. The highest BCUT2D eigenvalue weighted by molar-refractivity contribution is 6.98. The van der Waals surface area contributed by atoms with Crippen molar-refractivity contribution in [2.75, 3.05) is 18.6 Å². The number of ether oxygens (including phenoxy) is 1. The summed E-state index contributed by atoms with van der Waals surface area (Å²) in [5, 5.41) is 1.72. The Morgan fingerprint density at radius 1 is 0.805 bits per heavy atom. The van der Waals surface area contributed by atoms with Crippen molar-refractivity contribution in [1.82, 2.24) is 0 Å².